The Morgan fingerprint density at radius 3 is 2.00 bits per heavy atom. The smallest absolute Gasteiger partial charge is 0.164 e. The number of hydrogen-bond acceptors (Lipinski definition) is 3. The maximum atomic E-state index is 12.6. The van der Waals surface area contributed by atoms with Crippen LogP contribution in [0.4, 0.5) is 0 Å². The predicted molar refractivity (Wildman–Crippen MR) is 101 cm³/mol. The van der Waals surface area contributed by atoms with Crippen LogP contribution in [0.5, 0.6) is 5.75 Å². The average molecular weight is 341 g/mol. The van der Waals surface area contributed by atoms with Crippen LogP contribution in [0.25, 0.3) is 0 Å². The van der Waals surface area contributed by atoms with Crippen LogP contribution >= 0.6 is 0 Å². The minimum atomic E-state index is -0.509. The number of methoxy groups -OCH3 is 2. The molecule has 2 atom stereocenters. The van der Waals surface area contributed by atoms with Gasteiger partial charge in [0.2, 0.25) is 0 Å². The van der Waals surface area contributed by atoms with E-state index in [-0.39, 0.29) is 12.0 Å². The summed E-state index contributed by atoms with van der Waals surface area (Å²) in [5, 5.41) is 12.6. The van der Waals surface area contributed by atoms with Crippen molar-refractivity contribution >= 4 is 6.21 Å². The van der Waals surface area contributed by atoms with Gasteiger partial charge in [-0.3, -0.25) is 0 Å². The van der Waals surface area contributed by atoms with E-state index < -0.39 is 5.54 Å². The van der Waals surface area contributed by atoms with Crippen molar-refractivity contribution in [2.75, 3.05) is 14.2 Å². The topological polar surface area (TPSA) is 44.5 Å². The molecule has 134 valence electrons. The zero-order chi connectivity index (χ0) is 18.4. The van der Waals surface area contributed by atoms with Crippen molar-refractivity contribution in [1.29, 1.82) is 0 Å². The Morgan fingerprint density at radius 1 is 0.920 bits per heavy atom. The molecule has 4 heteroatoms. The van der Waals surface area contributed by atoms with E-state index in [2.05, 4.69) is 0 Å². The van der Waals surface area contributed by atoms with Crippen molar-refractivity contribution in [2.45, 2.75) is 38.3 Å². The van der Waals surface area contributed by atoms with Crippen LogP contribution in [0.15, 0.2) is 54.6 Å². The zero-order valence-corrected chi connectivity index (χ0v) is 15.6. The van der Waals surface area contributed by atoms with Gasteiger partial charge in [-0.2, -0.15) is 0 Å². The molecular formula is C21H27NO3. The van der Waals surface area contributed by atoms with Gasteiger partial charge in [0, 0.05) is 27.9 Å². The van der Waals surface area contributed by atoms with Crippen LogP contribution < -0.4 is 4.74 Å². The minimum Gasteiger partial charge on any atom is -0.624 e. The second-order valence-corrected chi connectivity index (χ2v) is 7.01. The Hall–Kier alpha value is -2.33. The van der Waals surface area contributed by atoms with Crippen LogP contribution in [0.1, 0.15) is 43.9 Å². The van der Waals surface area contributed by atoms with E-state index in [1.165, 1.54) is 0 Å². The molecule has 0 aliphatic carbocycles. The Bertz CT molecular complexity index is 687. The second-order valence-electron chi connectivity index (χ2n) is 7.01. The maximum absolute atomic E-state index is 12.6. The first-order chi connectivity index (χ1) is 11.9. The van der Waals surface area contributed by atoms with E-state index in [0.717, 1.165) is 21.6 Å². The lowest BCUT2D eigenvalue weighted by atomic mass is 9.89. The number of hydrogen-bond donors (Lipinski definition) is 0. The molecule has 0 saturated carbocycles. The molecular weight excluding hydrogens is 314 g/mol. The summed E-state index contributed by atoms with van der Waals surface area (Å²) in [6.45, 7) is 5.69. The summed E-state index contributed by atoms with van der Waals surface area (Å²) >= 11 is 0. The maximum Gasteiger partial charge on any atom is 0.164 e. The highest BCUT2D eigenvalue weighted by Gasteiger charge is 2.29. The highest BCUT2D eigenvalue weighted by atomic mass is 16.5. The number of nitrogens with zero attached hydrogens (tertiary/aromatic N) is 1. The molecule has 0 unspecified atom stereocenters. The second kappa shape index (κ2) is 8.17. The molecule has 2 rings (SSSR count). The van der Waals surface area contributed by atoms with Gasteiger partial charge in [-0.25, -0.2) is 4.74 Å². The molecule has 25 heavy (non-hydrogen) atoms. The summed E-state index contributed by atoms with van der Waals surface area (Å²) in [4.78, 5) is 0. The minimum absolute atomic E-state index is 0.198. The Kier molecular flexibility index (Phi) is 6.21. The van der Waals surface area contributed by atoms with Crippen molar-refractivity contribution in [3.63, 3.8) is 0 Å². The molecule has 0 saturated heterocycles. The van der Waals surface area contributed by atoms with E-state index >= 15 is 0 Å². The number of hydroxylamine groups is 1. The van der Waals surface area contributed by atoms with E-state index in [9.17, 15) is 5.21 Å². The molecule has 0 amide bonds. The van der Waals surface area contributed by atoms with Gasteiger partial charge in [0.15, 0.2) is 11.8 Å². The van der Waals surface area contributed by atoms with Crippen LogP contribution in [-0.4, -0.2) is 30.7 Å². The molecule has 0 radical (unpaired) electrons. The van der Waals surface area contributed by atoms with Crippen LogP contribution in [0.2, 0.25) is 0 Å². The third-order valence-electron chi connectivity index (χ3n) is 4.17. The predicted octanol–water partition coefficient (Wildman–Crippen LogP) is 4.55. The molecule has 0 aromatic heterocycles. The third-order valence-corrected chi connectivity index (χ3v) is 4.17. The van der Waals surface area contributed by atoms with Crippen LogP contribution in [0.3, 0.4) is 0 Å². The molecule has 0 aliphatic heterocycles. The molecule has 0 spiro atoms. The summed E-state index contributed by atoms with van der Waals surface area (Å²) in [7, 11) is 3.31. The Morgan fingerprint density at radius 2 is 1.52 bits per heavy atom. The lowest BCUT2D eigenvalue weighted by Gasteiger charge is -2.26. The van der Waals surface area contributed by atoms with Gasteiger partial charge < -0.3 is 14.7 Å². The lowest BCUT2D eigenvalue weighted by molar-refractivity contribution is -0.532. The van der Waals surface area contributed by atoms with Gasteiger partial charge in [-0.05, 0) is 23.3 Å². The molecule has 4 nitrogen and oxygen atoms in total. The molecule has 2 aromatic rings. The third kappa shape index (κ3) is 4.83. The van der Waals surface area contributed by atoms with Gasteiger partial charge in [0.25, 0.3) is 0 Å². The standard InChI is InChI=1S/C21H27NO3/c1-21(2,3)22(23)15-19(16-9-7-6-8-10-16)20(25-5)17-11-13-18(24-4)14-12-17/h6-15,19-20H,1-5H3/b22-15-/t19-,20+/m0/s1. The summed E-state index contributed by atoms with van der Waals surface area (Å²) < 4.78 is 12.0. The van der Waals surface area contributed by atoms with Gasteiger partial charge in [-0.1, -0.05) is 42.5 Å². The first-order valence-corrected chi connectivity index (χ1v) is 8.40. The van der Waals surface area contributed by atoms with Crippen molar-refractivity contribution in [1.82, 2.24) is 0 Å². The Labute approximate surface area is 150 Å². The lowest BCUT2D eigenvalue weighted by Crippen LogP contribution is -2.32. The van der Waals surface area contributed by atoms with E-state index in [4.69, 9.17) is 9.47 Å². The number of benzene rings is 2. The van der Waals surface area contributed by atoms with Crippen molar-refractivity contribution < 1.29 is 14.2 Å². The fraction of sp³-hybridized carbons (Fsp3) is 0.381. The zero-order valence-electron chi connectivity index (χ0n) is 15.6. The SMILES string of the molecule is COc1ccc([C@@H](OC)[C@@H](/C=[N+](\[O-])C(C)(C)C)c2ccccc2)cc1. The fourth-order valence-electron chi connectivity index (χ4n) is 2.67. The molecule has 0 fully saturated rings. The summed E-state index contributed by atoms with van der Waals surface area (Å²) in [6, 6.07) is 17.7. The van der Waals surface area contributed by atoms with Gasteiger partial charge in [-0.15, -0.1) is 0 Å². The molecule has 0 aliphatic rings. The normalized spacial score (nSPS) is 14.8. The highest BCUT2D eigenvalue weighted by molar-refractivity contribution is 5.65. The van der Waals surface area contributed by atoms with E-state index in [1.807, 2.05) is 75.4 Å². The first-order valence-electron chi connectivity index (χ1n) is 8.40. The molecule has 0 bridgehead atoms. The monoisotopic (exact) mass is 341 g/mol. The fourth-order valence-corrected chi connectivity index (χ4v) is 2.67. The number of rotatable bonds is 6. The van der Waals surface area contributed by atoms with Crippen molar-refractivity contribution in [2.24, 2.45) is 0 Å². The molecule has 0 heterocycles. The van der Waals surface area contributed by atoms with E-state index in [0.29, 0.717) is 0 Å². The summed E-state index contributed by atoms with van der Waals surface area (Å²) in [5.74, 6) is 0.593. The Balaban J connectivity index is 2.48. The molecule has 0 N–H and O–H groups in total. The largest absolute Gasteiger partial charge is 0.624 e. The van der Waals surface area contributed by atoms with Gasteiger partial charge >= 0.3 is 0 Å². The average Bonchev–Trinajstić information content (AvgIpc) is 2.61. The van der Waals surface area contributed by atoms with Gasteiger partial charge in [0.05, 0.1) is 19.1 Å². The van der Waals surface area contributed by atoms with Crippen LogP contribution in [0, 0.1) is 5.21 Å². The first kappa shape index (κ1) is 19.0. The van der Waals surface area contributed by atoms with Crippen molar-refractivity contribution in [3.8, 4) is 5.75 Å². The number of ether oxygens (including phenoxy) is 2. The molecule has 2 aromatic carbocycles. The van der Waals surface area contributed by atoms with Crippen molar-refractivity contribution in [3.05, 3.63) is 70.9 Å². The van der Waals surface area contributed by atoms with Gasteiger partial charge in [0.1, 0.15) is 5.75 Å². The van der Waals surface area contributed by atoms with E-state index in [1.54, 1.807) is 20.4 Å². The van der Waals surface area contributed by atoms with Crippen LogP contribution in [-0.2, 0) is 4.74 Å². The summed E-state index contributed by atoms with van der Waals surface area (Å²) in [6.07, 6.45) is 1.44. The quantitative estimate of drug-likeness (QED) is 0.335. The summed E-state index contributed by atoms with van der Waals surface area (Å²) in [5.41, 5.74) is 1.52. The highest BCUT2D eigenvalue weighted by Crippen LogP contribution is 2.33.